The zero-order valence-corrected chi connectivity index (χ0v) is 8.88. The van der Waals surface area contributed by atoms with E-state index in [9.17, 15) is 0 Å². The SMILES string of the molecule is Cn1ccc(CNc2cncc(NN)n2)n1. The van der Waals surface area contributed by atoms with E-state index in [0.717, 1.165) is 5.69 Å². The molecule has 0 unspecified atom stereocenters. The zero-order valence-electron chi connectivity index (χ0n) is 8.88. The molecule has 4 N–H and O–H groups in total. The summed E-state index contributed by atoms with van der Waals surface area (Å²) in [5.74, 6) is 6.41. The predicted molar refractivity (Wildman–Crippen MR) is 60.4 cm³/mol. The quantitative estimate of drug-likeness (QED) is 0.499. The van der Waals surface area contributed by atoms with Crippen molar-refractivity contribution in [3.8, 4) is 0 Å². The van der Waals surface area contributed by atoms with Gasteiger partial charge < -0.3 is 10.7 Å². The van der Waals surface area contributed by atoms with Gasteiger partial charge in [-0.25, -0.2) is 10.8 Å². The van der Waals surface area contributed by atoms with Gasteiger partial charge in [-0.1, -0.05) is 0 Å². The minimum atomic E-state index is 0.519. The smallest absolute Gasteiger partial charge is 0.160 e. The number of rotatable bonds is 4. The number of anilines is 2. The fraction of sp³-hybridized carbons (Fsp3) is 0.222. The van der Waals surface area contributed by atoms with Gasteiger partial charge in [0.2, 0.25) is 0 Å². The van der Waals surface area contributed by atoms with Gasteiger partial charge in [0.25, 0.3) is 0 Å². The second-order valence-electron chi connectivity index (χ2n) is 3.27. The molecule has 2 aromatic rings. The largest absolute Gasteiger partial charge is 0.363 e. The van der Waals surface area contributed by atoms with E-state index in [1.165, 1.54) is 0 Å². The number of nitrogens with one attached hydrogen (secondary N) is 2. The van der Waals surface area contributed by atoms with Gasteiger partial charge in [-0.15, -0.1) is 0 Å². The lowest BCUT2D eigenvalue weighted by atomic mass is 10.4. The second-order valence-corrected chi connectivity index (χ2v) is 3.27. The van der Waals surface area contributed by atoms with Gasteiger partial charge in [-0.2, -0.15) is 5.10 Å². The average Bonchev–Trinajstić information content (AvgIpc) is 2.73. The molecule has 0 bridgehead atoms. The van der Waals surface area contributed by atoms with Crippen molar-refractivity contribution in [2.45, 2.75) is 6.54 Å². The summed E-state index contributed by atoms with van der Waals surface area (Å²) in [4.78, 5) is 8.15. The Morgan fingerprint density at radius 2 is 2.19 bits per heavy atom. The summed E-state index contributed by atoms with van der Waals surface area (Å²) in [5, 5.41) is 7.34. The van der Waals surface area contributed by atoms with Crippen LogP contribution in [-0.2, 0) is 13.6 Å². The molecule has 0 amide bonds. The van der Waals surface area contributed by atoms with E-state index in [1.807, 2.05) is 19.3 Å². The second kappa shape index (κ2) is 4.58. The first-order valence-corrected chi connectivity index (χ1v) is 4.79. The number of aromatic nitrogens is 4. The molecule has 0 saturated carbocycles. The number of hydrogen-bond acceptors (Lipinski definition) is 6. The van der Waals surface area contributed by atoms with Crippen molar-refractivity contribution in [2.75, 3.05) is 10.7 Å². The summed E-state index contributed by atoms with van der Waals surface area (Å²) >= 11 is 0. The van der Waals surface area contributed by atoms with Crippen LogP contribution in [0.3, 0.4) is 0 Å². The number of aryl methyl sites for hydroxylation is 1. The first-order chi connectivity index (χ1) is 7.78. The Morgan fingerprint density at radius 3 is 2.88 bits per heavy atom. The number of nitrogen functional groups attached to an aromatic ring is 1. The van der Waals surface area contributed by atoms with Gasteiger partial charge in [-0.05, 0) is 6.07 Å². The third-order valence-corrected chi connectivity index (χ3v) is 2.00. The third-order valence-electron chi connectivity index (χ3n) is 2.00. The lowest BCUT2D eigenvalue weighted by molar-refractivity contribution is 0.747. The van der Waals surface area contributed by atoms with Crippen LogP contribution in [-0.4, -0.2) is 19.7 Å². The molecule has 7 heteroatoms. The van der Waals surface area contributed by atoms with Crippen LogP contribution < -0.4 is 16.6 Å². The molecule has 0 fully saturated rings. The van der Waals surface area contributed by atoms with E-state index in [-0.39, 0.29) is 0 Å². The standard InChI is InChI=1S/C9H13N7/c1-16-3-2-7(15-16)4-12-8-5-11-6-9(13-8)14-10/h2-3,5-6H,4,10H2,1H3,(H2,12,13,14). The molecule has 0 aliphatic heterocycles. The molecule has 2 rings (SSSR count). The first-order valence-electron chi connectivity index (χ1n) is 4.79. The Balaban J connectivity index is 1.99. The summed E-state index contributed by atoms with van der Waals surface area (Å²) in [6.07, 6.45) is 5.07. The fourth-order valence-corrected chi connectivity index (χ4v) is 1.26. The maximum atomic E-state index is 5.23. The summed E-state index contributed by atoms with van der Waals surface area (Å²) in [6.45, 7) is 0.601. The highest BCUT2D eigenvalue weighted by atomic mass is 15.3. The third kappa shape index (κ3) is 2.45. The molecule has 16 heavy (non-hydrogen) atoms. The van der Waals surface area contributed by atoms with Gasteiger partial charge in [0, 0.05) is 13.2 Å². The molecular weight excluding hydrogens is 206 g/mol. The van der Waals surface area contributed by atoms with Gasteiger partial charge in [0.05, 0.1) is 24.6 Å². The number of hydrazine groups is 1. The molecule has 0 saturated heterocycles. The van der Waals surface area contributed by atoms with Crippen molar-refractivity contribution in [1.82, 2.24) is 19.7 Å². The number of nitrogens with two attached hydrogens (primary N) is 1. The normalized spacial score (nSPS) is 10.1. The molecule has 2 heterocycles. The molecule has 0 aliphatic rings. The van der Waals surface area contributed by atoms with Crippen LogP contribution in [0.15, 0.2) is 24.7 Å². The van der Waals surface area contributed by atoms with Crippen LogP contribution in [0.25, 0.3) is 0 Å². The first kappa shape index (κ1) is 10.4. The van der Waals surface area contributed by atoms with Crippen molar-refractivity contribution in [3.63, 3.8) is 0 Å². The van der Waals surface area contributed by atoms with E-state index >= 15 is 0 Å². The number of nitrogens with zero attached hydrogens (tertiary/aromatic N) is 4. The Morgan fingerprint density at radius 1 is 1.38 bits per heavy atom. The zero-order chi connectivity index (χ0) is 11.4. The fourth-order valence-electron chi connectivity index (χ4n) is 1.26. The summed E-state index contributed by atoms with van der Waals surface area (Å²) in [5.41, 5.74) is 3.38. The van der Waals surface area contributed by atoms with Gasteiger partial charge in [-0.3, -0.25) is 9.67 Å². The minimum absolute atomic E-state index is 0.519. The van der Waals surface area contributed by atoms with Crippen LogP contribution in [0, 0.1) is 0 Å². The summed E-state index contributed by atoms with van der Waals surface area (Å²) in [6, 6.07) is 1.94. The Bertz CT molecular complexity index is 464. The van der Waals surface area contributed by atoms with E-state index < -0.39 is 0 Å². The van der Waals surface area contributed by atoms with Crippen molar-refractivity contribution in [2.24, 2.45) is 12.9 Å². The molecular formula is C9H13N7. The maximum absolute atomic E-state index is 5.23. The molecule has 0 radical (unpaired) electrons. The highest BCUT2D eigenvalue weighted by molar-refractivity contribution is 5.40. The van der Waals surface area contributed by atoms with E-state index in [1.54, 1.807) is 17.1 Å². The van der Waals surface area contributed by atoms with Crippen LogP contribution in [0.5, 0.6) is 0 Å². The number of hydrogen-bond donors (Lipinski definition) is 3. The van der Waals surface area contributed by atoms with Gasteiger partial charge in [0.1, 0.15) is 5.82 Å². The molecule has 0 aromatic carbocycles. The van der Waals surface area contributed by atoms with Crippen molar-refractivity contribution < 1.29 is 0 Å². The molecule has 0 atom stereocenters. The van der Waals surface area contributed by atoms with Crippen LogP contribution in [0.1, 0.15) is 5.69 Å². The van der Waals surface area contributed by atoms with Crippen LogP contribution >= 0.6 is 0 Å². The van der Waals surface area contributed by atoms with Crippen molar-refractivity contribution in [3.05, 3.63) is 30.4 Å². The lowest BCUT2D eigenvalue weighted by Gasteiger charge is -2.04. The van der Waals surface area contributed by atoms with Crippen molar-refractivity contribution in [1.29, 1.82) is 0 Å². The summed E-state index contributed by atoms with van der Waals surface area (Å²) in [7, 11) is 1.88. The predicted octanol–water partition coefficient (Wildman–Crippen LogP) is 0.108. The highest BCUT2D eigenvalue weighted by Gasteiger charge is 1.99. The van der Waals surface area contributed by atoms with Crippen molar-refractivity contribution >= 4 is 11.6 Å². The summed E-state index contributed by atoms with van der Waals surface area (Å²) < 4.78 is 1.75. The lowest BCUT2D eigenvalue weighted by Crippen LogP contribution is -2.10. The Labute approximate surface area is 92.7 Å². The van der Waals surface area contributed by atoms with Gasteiger partial charge in [0.15, 0.2) is 5.82 Å². The Hall–Kier alpha value is -2.15. The van der Waals surface area contributed by atoms with E-state index in [0.29, 0.717) is 18.2 Å². The van der Waals surface area contributed by atoms with E-state index in [4.69, 9.17) is 5.84 Å². The van der Waals surface area contributed by atoms with Crippen LogP contribution in [0.4, 0.5) is 11.6 Å². The molecule has 84 valence electrons. The Kier molecular flexibility index (Phi) is 2.97. The highest BCUT2D eigenvalue weighted by Crippen LogP contribution is 2.06. The molecule has 2 aromatic heterocycles. The molecule has 0 aliphatic carbocycles. The van der Waals surface area contributed by atoms with Gasteiger partial charge >= 0.3 is 0 Å². The monoisotopic (exact) mass is 219 g/mol. The average molecular weight is 219 g/mol. The van der Waals surface area contributed by atoms with E-state index in [2.05, 4.69) is 25.8 Å². The minimum Gasteiger partial charge on any atom is -0.363 e. The molecule has 7 nitrogen and oxygen atoms in total. The molecule has 0 spiro atoms. The maximum Gasteiger partial charge on any atom is 0.160 e. The van der Waals surface area contributed by atoms with Crippen LogP contribution in [0.2, 0.25) is 0 Å². The topological polar surface area (TPSA) is 93.7 Å².